The van der Waals surface area contributed by atoms with Gasteiger partial charge in [0.1, 0.15) is 11.6 Å². The molecular formula is C12H20N4O. The summed E-state index contributed by atoms with van der Waals surface area (Å²) in [6.45, 7) is 5.57. The number of rotatable bonds is 5. The molecule has 1 saturated heterocycles. The number of nitrogens with one attached hydrogen (secondary N) is 2. The summed E-state index contributed by atoms with van der Waals surface area (Å²) in [4.78, 5) is 8.57. The summed E-state index contributed by atoms with van der Waals surface area (Å²) in [5.74, 6) is 2.24. The monoisotopic (exact) mass is 236 g/mol. The Labute approximate surface area is 102 Å². The third-order valence-electron chi connectivity index (χ3n) is 2.82. The molecule has 0 aromatic carbocycles. The zero-order chi connectivity index (χ0) is 11.9. The number of ether oxygens (including phenoxy) is 1. The number of aromatic nitrogens is 2. The third kappa shape index (κ3) is 3.85. The van der Waals surface area contributed by atoms with E-state index in [2.05, 4.69) is 20.6 Å². The fourth-order valence-corrected chi connectivity index (χ4v) is 1.93. The first-order valence-electron chi connectivity index (χ1n) is 6.26. The van der Waals surface area contributed by atoms with Crippen molar-refractivity contribution < 1.29 is 4.74 Å². The second-order valence-corrected chi connectivity index (χ2v) is 4.28. The lowest BCUT2D eigenvalue weighted by molar-refractivity contribution is 0.0595. The standard InChI is InChI=1S/C12H20N4O/c1-2-14-11-7-13-8-12(16-11)15-6-10-4-3-5-17-9-10/h7-8,10H,2-6,9H2,1H3,(H2,14,15,16). The van der Waals surface area contributed by atoms with Gasteiger partial charge in [-0.3, -0.25) is 4.98 Å². The van der Waals surface area contributed by atoms with Crippen molar-refractivity contribution in [1.29, 1.82) is 0 Å². The highest BCUT2D eigenvalue weighted by atomic mass is 16.5. The zero-order valence-corrected chi connectivity index (χ0v) is 10.3. The van der Waals surface area contributed by atoms with Gasteiger partial charge in [-0.1, -0.05) is 0 Å². The summed E-state index contributed by atoms with van der Waals surface area (Å²) in [6, 6.07) is 0. The van der Waals surface area contributed by atoms with Crippen LogP contribution in [0.1, 0.15) is 19.8 Å². The van der Waals surface area contributed by atoms with Crippen LogP contribution in [0, 0.1) is 5.92 Å². The van der Waals surface area contributed by atoms with Gasteiger partial charge >= 0.3 is 0 Å². The largest absolute Gasteiger partial charge is 0.381 e. The molecule has 1 unspecified atom stereocenters. The van der Waals surface area contributed by atoms with Gasteiger partial charge < -0.3 is 15.4 Å². The molecule has 0 radical (unpaired) electrons. The van der Waals surface area contributed by atoms with E-state index in [0.717, 1.165) is 44.4 Å². The first-order chi connectivity index (χ1) is 8.38. The minimum absolute atomic E-state index is 0.591. The lowest BCUT2D eigenvalue weighted by Gasteiger charge is -2.22. The first kappa shape index (κ1) is 12.1. The molecule has 5 heteroatoms. The number of nitrogens with zero attached hydrogens (tertiary/aromatic N) is 2. The van der Waals surface area contributed by atoms with Crippen molar-refractivity contribution in [3.63, 3.8) is 0 Å². The van der Waals surface area contributed by atoms with E-state index >= 15 is 0 Å². The fraction of sp³-hybridized carbons (Fsp3) is 0.667. The molecule has 1 aromatic heterocycles. The van der Waals surface area contributed by atoms with E-state index in [0.29, 0.717) is 5.92 Å². The van der Waals surface area contributed by atoms with E-state index < -0.39 is 0 Å². The molecule has 1 aliphatic rings. The highest BCUT2D eigenvalue weighted by Crippen LogP contribution is 2.14. The van der Waals surface area contributed by atoms with Crippen LogP contribution in [0.5, 0.6) is 0 Å². The molecule has 0 bridgehead atoms. The predicted octanol–water partition coefficient (Wildman–Crippen LogP) is 1.75. The van der Waals surface area contributed by atoms with Crippen LogP contribution in [0.15, 0.2) is 12.4 Å². The molecule has 0 spiro atoms. The number of hydrogen-bond acceptors (Lipinski definition) is 5. The third-order valence-corrected chi connectivity index (χ3v) is 2.82. The molecule has 2 N–H and O–H groups in total. The van der Waals surface area contributed by atoms with Gasteiger partial charge in [-0.05, 0) is 25.7 Å². The molecular weight excluding hydrogens is 216 g/mol. The molecule has 1 fully saturated rings. The van der Waals surface area contributed by atoms with E-state index in [1.807, 2.05) is 6.92 Å². The quantitative estimate of drug-likeness (QED) is 0.815. The van der Waals surface area contributed by atoms with Crippen LogP contribution in [0.4, 0.5) is 11.6 Å². The Morgan fingerprint density at radius 2 is 2.18 bits per heavy atom. The van der Waals surface area contributed by atoms with Crippen LogP contribution < -0.4 is 10.6 Å². The van der Waals surface area contributed by atoms with Crippen LogP contribution >= 0.6 is 0 Å². The van der Waals surface area contributed by atoms with Gasteiger partial charge in [0.05, 0.1) is 19.0 Å². The van der Waals surface area contributed by atoms with Gasteiger partial charge in [0, 0.05) is 19.7 Å². The Balaban J connectivity index is 1.83. The molecule has 2 rings (SSSR count). The van der Waals surface area contributed by atoms with E-state index in [1.54, 1.807) is 12.4 Å². The number of anilines is 2. The molecule has 0 aliphatic carbocycles. The SMILES string of the molecule is CCNc1cncc(NCC2CCCOC2)n1. The lowest BCUT2D eigenvalue weighted by atomic mass is 10.0. The summed E-state index contributed by atoms with van der Waals surface area (Å²) < 4.78 is 5.44. The molecule has 1 aromatic rings. The Hall–Kier alpha value is -1.36. The van der Waals surface area contributed by atoms with E-state index in [4.69, 9.17) is 4.74 Å². The highest BCUT2D eigenvalue weighted by molar-refractivity contribution is 5.41. The lowest BCUT2D eigenvalue weighted by Crippen LogP contribution is -2.24. The van der Waals surface area contributed by atoms with Gasteiger partial charge in [-0.2, -0.15) is 0 Å². The summed E-state index contributed by atoms with van der Waals surface area (Å²) in [7, 11) is 0. The maximum atomic E-state index is 5.44. The molecule has 0 saturated carbocycles. The summed E-state index contributed by atoms with van der Waals surface area (Å²) in [6.07, 6.45) is 5.88. The van der Waals surface area contributed by atoms with Crippen molar-refractivity contribution in [2.24, 2.45) is 5.92 Å². The second-order valence-electron chi connectivity index (χ2n) is 4.28. The van der Waals surface area contributed by atoms with Crippen molar-refractivity contribution in [1.82, 2.24) is 9.97 Å². The average molecular weight is 236 g/mol. The first-order valence-corrected chi connectivity index (χ1v) is 6.26. The molecule has 17 heavy (non-hydrogen) atoms. The van der Waals surface area contributed by atoms with Gasteiger partial charge in [0.15, 0.2) is 0 Å². The van der Waals surface area contributed by atoms with Crippen LogP contribution in [-0.4, -0.2) is 36.3 Å². The fourth-order valence-electron chi connectivity index (χ4n) is 1.93. The number of hydrogen-bond donors (Lipinski definition) is 2. The van der Waals surface area contributed by atoms with Gasteiger partial charge in [0.25, 0.3) is 0 Å². The topological polar surface area (TPSA) is 59.1 Å². The Kier molecular flexibility index (Phi) is 4.55. The molecule has 2 heterocycles. The van der Waals surface area contributed by atoms with Crippen molar-refractivity contribution in [3.8, 4) is 0 Å². The predicted molar refractivity (Wildman–Crippen MR) is 68.2 cm³/mol. The Morgan fingerprint density at radius 3 is 2.88 bits per heavy atom. The maximum Gasteiger partial charge on any atom is 0.146 e. The minimum atomic E-state index is 0.591. The van der Waals surface area contributed by atoms with Gasteiger partial charge in [0.2, 0.25) is 0 Å². The normalized spacial score (nSPS) is 19.9. The Morgan fingerprint density at radius 1 is 1.35 bits per heavy atom. The summed E-state index contributed by atoms with van der Waals surface area (Å²) in [5.41, 5.74) is 0. The molecule has 1 aliphatic heterocycles. The molecule has 1 atom stereocenters. The van der Waals surface area contributed by atoms with Gasteiger partial charge in [-0.15, -0.1) is 0 Å². The second kappa shape index (κ2) is 6.39. The van der Waals surface area contributed by atoms with E-state index in [9.17, 15) is 0 Å². The van der Waals surface area contributed by atoms with Crippen molar-refractivity contribution in [2.45, 2.75) is 19.8 Å². The summed E-state index contributed by atoms with van der Waals surface area (Å²) in [5, 5.41) is 6.47. The highest BCUT2D eigenvalue weighted by Gasteiger charge is 2.13. The van der Waals surface area contributed by atoms with Crippen LogP contribution in [-0.2, 0) is 4.74 Å². The molecule has 5 nitrogen and oxygen atoms in total. The summed E-state index contributed by atoms with van der Waals surface area (Å²) >= 11 is 0. The molecule has 94 valence electrons. The van der Waals surface area contributed by atoms with Crippen molar-refractivity contribution in [2.75, 3.05) is 36.9 Å². The Bertz CT molecular complexity index is 339. The van der Waals surface area contributed by atoms with E-state index in [1.165, 1.54) is 6.42 Å². The van der Waals surface area contributed by atoms with Crippen molar-refractivity contribution in [3.05, 3.63) is 12.4 Å². The van der Waals surface area contributed by atoms with Crippen LogP contribution in [0.25, 0.3) is 0 Å². The minimum Gasteiger partial charge on any atom is -0.381 e. The molecule has 0 amide bonds. The van der Waals surface area contributed by atoms with Crippen molar-refractivity contribution >= 4 is 11.6 Å². The average Bonchev–Trinajstić information content (AvgIpc) is 2.39. The van der Waals surface area contributed by atoms with E-state index in [-0.39, 0.29) is 0 Å². The van der Waals surface area contributed by atoms with Crippen LogP contribution in [0.3, 0.4) is 0 Å². The smallest absolute Gasteiger partial charge is 0.146 e. The van der Waals surface area contributed by atoms with Gasteiger partial charge in [-0.25, -0.2) is 4.98 Å². The maximum absolute atomic E-state index is 5.44. The zero-order valence-electron chi connectivity index (χ0n) is 10.3. The van der Waals surface area contributed by atoms with Crippen LogP contribution in [0.2, 0.25) is 0 Å².